The van der Waals surface area contributed by atoms with Crippen molar-refractivity contribution in [1.82, 2.24) is 4.90 Å². The summed E-state index contributed by atoms with van der Waals surface area (Å²) in [5.74, 6) is -0.989. The SMILES string of the molecule is COC1CC(C(=O)O)CN(C)C1. The fourth-order valence-electron chi connectivity index (χ4n) is 1.61. The van der Waals surface area contributed by atoms with Crippen LogP contribution >= 0.6 is 0 Å². The third kappa shape index (κ3) is 2.19. The Bertz CT molecular complexity index is 172. The average Bonchev–Trinajstić information content (AvgIpc) is 2.03. The van der Waals surface area contributed by atoms with Gasteiger partial charge in [0.25, 0.3) is 0 Å². The summed E-state index contributed by atoms with van der Waals surface area (Å²) in [6.07, 6.45) is 0.709. The summed E-state index contributed by atoms with van der Waals surface area (Å²) in [4.78, 5) is 12.7. The fraction of sp³-hybridized carbons (Fsp3) is 0.875. The maximum absolute atomic E-state index is 10.7. The Morgan fingerprint density at radius 1 is 1.58 bits per heavy atom. The molecule has 2 unspecified atom stereocenters. The molecule has 70 valence electrons. The van der Waals surface area contributed by atoms with Crippen molar-refractivity contribution in [3.63, 3.8) is 0 Å². The normalized spacial score (nSPS) is 31.8. The molecule has 1 aliphatic rings. The second-order valence-electron chi connectivity index (χ2n) is 3.35. The summed E-state index contributed by atoms with van der Waals surface area (Å²) in [5, 5.41) is 8.79. The van der Waals surface area contributed by atoms with E-state index in [1.807, 2.05) is 11.9 Å². The molecule has 0 saturated carbocycles. The Balaban J connectivity index is 2.51. The quantitative estimate of drug-likeness (QED) is 0.640. The van der Waals surface area contributed by atoms with Crippen LogP contribution in [-0.4, -0.2) is 49.3 Å². The van der Waals surface area contributed by atoms with E-state index in [1.165, 1.54) is 0 Å². The molecule has 0 spiro atoms. The van der Waals surface area contributed by atoms with Crippen molar-refractivity contribution in [2.75, 3.05) is 27.2 Å². The molecule has 0 radical (unpaired) electrons. The number of carbonyl (C=O) groups is 1. The molecule has 12 heavy (non-hydrogen) atoms. The van der Waals surface area contributed by atoms with Gasteiger partial charge < -0.3 is 14.7 Å². The largest absolute Gasteiger partial charge is 0.481 e. The van der Waals surface area contributed by atoms with Gasteiger partial charge in [-0.2, -0.15) is 0 Å². The highest BCUT2D eigenvalue weighted by atomic mass is 16.5. The van der Waals surface area contributed by atoms with Crippen LogP contribution in [0.25, 0.3) is 0 Å². The van der Waals surface area contributed by atoms with Crippen molar-refractivity contribution < 1.29 is 14.6 Å². The van der Waals surface area contributed by atoms with Crippen molar-refractivity contribution in [3.05, 3.63) is 0 Å². The van der Waals surface area contributed by atoms with E-state index in [9.17, 15) is 4.79 Å². The van der Waals surface area contributed by atoms with E-state index in [2.05, 4.69) is 0 Å². The highest BCUT2D eigenvalue weighted by Crippen LogP contribution is 2.17. The summed E-state index contributed by atoms with van der Waals surface area (Å²) in [6, 6.07) is 0. The number of piperidine rings is 1. The number of rotatable bonds is 2. The van der Waals surface area contributed by atoms with E-state index < -0.39 is 5.97 Å². The van der Waals surface area contributed by atoms with Gasteiger partial charge in [0.1, 0.15) is 0 Å². The zero-order chi connectivity index (χ0) is 9.14. The lowest BCUT2D eigenvalue weighted by molar-refractivity contribution is -0.145. The summed E-state index contributed by atoms with van der Waals surface area (Å²) >= 11 is 0. The molecule has 4 heteroatoms. The Morgan fingerprint density at radius 3 is 2.75 bits per heavy atom. The highest BCUT2D eigenvalue weighted by Gasteiger charge is 2.29. The molecule has 2 atom stereocenters. The molecule has 0 aromatic rings. The van der Waals surface area contributed by atoms with Gasteiger partial charge >= 0.3 is 5.97 Å². The number of carboxylic acids is 1. The molecule has 1 fully saturated rings. The van der Waals surface area contributed by atoms with E-state index in [0.29, 0.717) is 13.0 Å². The van der Waals surface area contributed by atoms with Crippen LogP contribution in [0.2, 0.25) is 0 Å². The first-order valence-electron chi connectivity index (χ1n) is 4.07. The number of aliphatic carboxylic acids is 1. The molecular weight excluding hydrogens is 158 g/mol. The van der Waals surface area contributed by atoms with E-state index in [4.69, 9.17) is 9.84 Å². The molecule has 0 aromatic heterocycles. The van der Waals surface area contributed by atoms with Gasteiger partial charge in [0.05, 0.1) is 12.0 Å². The van der Waals surface area contributed by atoms with Gasteiger partial charge in [-0.1, -0.05) is 0 Å². The molecule has 0 aromatic carbocycles. The van der Waals surface area contributed by atoms with E-state index in [-0.39, 0.29) is 12.0 Å². The first-order chi connectivity index (χ1) is 5.63. The molecule has 0 aliphatic carbocycles. The number of hydrogen-bond acceptors (Lipinski definition) is 3. The molecule has 1 heterocycles. The number of ether oxygens (including phenoxy) is 1. The smallest absolute Gasteiger partial charge is 0.307 e. The van der Waals surface area contributed by atoms with Gasteiger partial charge in [0.15, 0.2) is 0 Å². The van der Waals surface area contributed by atoms with Crippen molar-refractivity contribution in [1.29, 1.82) is 0 Å². The van der Waals surface area contributed by atoms with Gasteiger partial charge in [-0.25, -0.2) is 0 Å². The second kappa shape index (κ2) is 3.87. The van der Waals surface area contributed by atoms with Crippen LogP contribution in [0.1, 0.15) is 6.42 Å². The Kier molecular flexibility index (Phi) is 3.05. The lowest BCUT2D eigenvalue weighted by Crippen LogP contribution is -2.44. The van der Waals surface area contributed by atoms with Crippen LogP contribution in [0, 0.1) is 5.92 Å². The summed E-state index contributed by atoms with van der Waals surface area (Å²) in [5.41, 5.74) is 0. The topological polar surface area (TPSA) is 49.8 Å². The third-order valence-corrected chi connectivity index (χ3v) is 2.28. The maximum Gasteiger partial charge on any atom is 0.307 e. The van der Waals surface area contributed by atoms with Crippen LogP contribution in [0.3, 0.4) is 0 Å². The Labute approximate surface area is 72.1 Å². The lowest BCUT2D eigenvalue weighted by atomic mass is 9.96. The predicted octanol–water partition coefficient (Wildman–Crippen LogP) is 0.0377. The minimum Gasteiger partial charge on any atom is -0.481 e. The van der Waals surface area contributed by atoms with E-state index in [1.54, 1.807) is 7.11 Å². The molecule has 4 nitrogen and oxygen atoms in total. The molecule has 1 N–H and O–H groups in total. The predicted molar refractivity (Wildman–Crippen MR) is 44.0 cm³/mol. The molecule has 0 bridgehead atoms. The summed E-state index contributed by atoms with van der Waals surface area (Å²) < 4.78 is 5.14. The van der Waals surface area contributed by atoms with Crippen LogP contribution in [0.4, 0.5) is 0 Å². The van der Waals surface area contributed by atoms with Crippen molar-refractivity contribution in [3.8, 4) is 0 Å². The maximum atomic E-state index is 10.7. The number of likely N-dealkylation sites (N-methyl/N-ethyl adjacent to an activating group) is 1. The van der Waals surface area contributed by atoms with Crippen LogP contribution in [0.5, 0.6) is 0 Å². The molecule has 0 amide bonds. The molecule has 1 saturated heterocycles. The van der Waals surface area contributed by atoms with Gasteiger partial charge in [-0.05, 0) is 13.5 Å². The van der Waals surface area contributed by atoms with Crippen molar-refractivity contribution in [2.45, 2.75) is 12.5 Å². The van der Waals surface area contributed by atoms with Gasteiger partial charge in [0, 0.05) is 20.2 Å². The Hall–Kier alpha value is -0.610. The first-order valence-corrected chi connectivity index (χ1v) is 4.07. The third-order valence-electron chi connectivity index (χ3n) is 2.28. The van der Waals surface area contributed by atoms with Crippen LogP contribution in [0.15, 0.2) is 0 Å². The van der Waals surface area contributed by atoms with Gasteiger partial charge in [0.2, 0.25) is 0 Å². The second-order valence-corrected chi connectivity index (χ2v) is 3.35. The lowest BCUT2D eigenvalue weighted by Gasteiger charge is -2.32. The molecular formula is C8H15NO3. The zero-order valence-electron chi connectivity index (χ0n) is 7.49. The van der Waals surface area contributed by atoms with E-state index >= 15 is 0 Å². The van der Waals surface area contributed by atoms with Crippen LogP contribution in [-0.2, 0) is 9.53 Å². The molecule has 1 aliphatic heterocycles. The number of carboxylic acid groups (broad SMARTS) is 1. The van der Waals surface area contributed by atoms with Gasteiger partial charge in [-0.3, -0.25) is 4.79 Å². The first kappa shape index (κ1) is 9.48. The minimum absolute atomic E-state index is 0.0739. The minimum atomic E-state index is -0.719. The average molecular weight is 173 g/mol. The highest BCUT2D eigenvalue weighted by molar-refractivity contribution is 5.70. The number of nitrogens with zero attached hydrogens (tertiary/aromatic N) is 1. The summed E-state index contributed by atoms with van der Waals surface area (Å²) in [7, 11) is 3.55. The van der Waals surface area contributed by atoms with Gasteiger partial charge in [-0.15, -0.1) is 0 Å². The number of likely N-dealkylation sites (tertiary alicyclic amines) is 1. The number of methoxy groups -OCH3 is 1. The molecule has 1 rings (SSSR count). The van der Waals surface area contributed by atoms with Crippen LogP contribution < -0.4 is 0 Å². The van der Waals surface area contributed by atoms with Crippen molar-refractivity contribution in [2.24, 2.45) is 5.92 Å². The fourth-order valence-corrected chi connectivity index (χ4v) is 1.61. The standard InChI is InChI=1S/C8H15NO3/c1-9-4-6(8(10)11)3-7(5-9)12-2/h6-7H,3-5H2,1-2H3,(H,10,11). The zero-order valence-corrected chi connectivity index (χ0v) is 7.49. The summed E-state index contributed by atoms with van der Waals surface area (Å²) in [6.45, 7) is 1.47. The Morgan fingerprint density at radius 2 is 2.25 bits per heavy atom. The monoisotopic (exact) mass is 173 g/mol. The van der Waals surface area contributed by atoms with E-state index in [0.717, 1.165) is 6.54 Å². The van der Waals surface area contributed by atoms with Crippen molar-refractivity contribution >= 4 is 5.97 Å². The number of hydrogen-bond donors (Lipinski definition) is 1.